The fraction of sp³-hybridized carbons (Fsp3) is 0.500. The number of hydrogen-bond acceptors (Lipinski definition) is 4. The number of halogens is 1. The molecule has 7 heteroatoms. The van der Waals surface area contributed by atoms with Gasteiger partial charge in [0.15, 0.2) is 17.7 Å². The van der Waals surface area contributed by atoms with Gasteiger partial charge >= 0.3 is 0 Å². The van der Waals surface area contributed by atoms with Gasteiger partial charge in [-0.05, 0) is 38.3 Å². The highest BCUT2D eigenvalue weighted by molar-refractivity contribution is 5.81. The topological polar surface area (TPSA) is 67.6 Å². The second-order valence-corrected chi connectivity index (χ2v) is 7.10. The number of piperidine rings is 1. The van der Waals surface area contributed by atoms with Gasteiger partial charge in [0, 0.05) is 25.5 Å². The SMILES string of the molecule is CCC(Oc1ccccc1F)C(=O)N1CCC(O)(Cn2ccnc2C)CC1. The molecule has 3 rings (SSSR count). The Balaban J connectivity index is 1.60. The van der Waals surface area contributed by atoms with E-state index in [1.54, 1.807) is 23.2 Å². The first-order valence-electron chi connectivity index (χ1n) is 9.32. The number of imidazole rings is 1. The van der Waals surface area contributed by atoms with Crippen LogP contribution >= 0.6 is 0 Å². The Morgan fingerprint density at radius 2 is 2.07 bits per heavy atom. The van der Waals surface area contributed by atoms with Crippen molar-refractivity contribution in [2.24, 2.45) is 0 Å². The maximum atomic E-state index is 13.8. The van der Waals surface area contributed by atoms with Crippen molar-refractivity contribution in [3.05, 3.63) is 48.3 Å². The molecule has 1 aromatic carbocycles. The van der Waals surface area contributed by atoms with Crippen LogP contribution in [0.4, 0.5) is 4.39 Å². The van der Waals surface area contributed by atoms with Crippen molar-refractivity contribution in [2.45, 2.75) is 51.4 Å². The summed E-state index contributed by atoms with van der Waals surface area (Å²) in [5.41, 5.74) is -0.865. The Labute approximate surface area is 158 Å². The predicted octanol–water partition coefficient (Wildman–Crippen LogP) is 2.54. The number of amides is 1. The van der Waals surface area contributed by atoms with Crippen molar-refractivity contribution < 1.29 is 19.0 Å². The summed E-state index contributed by atoms with van der Waals surface area (Å²) in [4.78, 5) is 18.7. The van der Waals surface area contributed by atoms with E-state index in [1.807, 2.05) is 24.6 Å². The summed E-state index contributed by atoms with van der Waals surface area (Å²) in [6.45, 7) is 5.09. The van der Waals surface area contributed by atoms with Gasteiger partial charge < -0.3 is 19.3 Å². The first-order chi connectivity index (χ1) is 12.9. The third-order valence-corrected chi connectivity index (χ3v) is 5.15. The Kier molecular flexibility index (Phi) is 5.79. The van der Waals surface area contributed by atoms with Gasteiger partial charge in [-0.1, -0.05) is 19.1 Å². The number of rotatable bonds is 6. The van der Waals surface area contributed by atoms with Gasteiger partial charge in [-0.25, -0.2) is 9.37 Å². The van der Waals surface area contributed by atoms with E-state index in [1.165, 1.54) is 12.1 Å². The average molecular weight is 375 g/mol. The lowest BCUT2D eigenvalue weighted by atomic mass is 9.91. The molecule has 1 unspecified atom stereocenters. The minimum Gasteiger partial charge on any atom is -0.478 e. The highest BCUT2D eigenvalue weighted by atomic mass is 19.1. The van der Waals surface area contributed by atoms with Crippen molar-refractivity contribution in [1.82, 2.24) is 14.5 Å². The molecular weight excluding hydrogens is 349 g/mol. The third-order valence-electron chi connectivity index (χ3n) is 5.15. The molecule has 0 saturated carbocycles. The Morgan fingerprint density at radius 3 is 2.67 bits per heavy atom. The maximum absolute atomic E-state index is 13.8. The molecule has 2 aromatic rings. The van der Waals surface area contributed by atoms with Crippen LogP contribution in [0.2, 0.25) is 0 Å². The number of likely N-dealkylation sites (tertiary alicyclic amines) is 1. The second-order valence-electron chi connectivity index (χ2n) is 7.10. The molecule has 146 valence electrons. The molecule has 1 aromatic heterocycles. The van der Waals surface area contributed by atoms with Crippen molar-refractivity contribution in [3.63, 3.8) is 0 Å². The van der Waals surface area contributed by atoms with E-state index in [9.17, 15) is 14.3 Å². The highest BCUT2D eigenvalue weighted by Crippen LogP contribution is 2.26. The normalized spacial score (nSPS) is 17.6. The van der Waals surface area contributed by atoms with Crippen molar-refractivity contribution in [2.75, 3.05) is 13.1 Å². The van der Waals surface area contributed by atoms with Crippen LogP contribution in [0.5, 0.6) is 5.75 Å². The number of carbonyl (C=O) groups excluding carboxylic acids is 1. The smallest absolute Gasteiger partial charge is 0.263 e. The van der Waals surface area contributed by atoms with Crippen molar-refractivity contribution >= 4 is 5.91 Å². The summed E-state index contributed by atoms with van der Waals surface area (Å²) in [6.07, 6.45) is 4.23. The summed E-state index contributed by atoms with van der Waals surface area (Å²) < 4.78 is 21.4. The van der Waals surface area contributed by atoms with Crippen LogP contribution in [-0.4, -0.2) is 50.3 Å². The van der Waals surface area contributed by atoms with E-state index in [-0.39, 0.29) is 11.7 Å². The summed E-state index contributed by atoms with van der Waals surface area (Å²) in [6, 6.07) is 6.09. The molecule has 1 aliphatic heterocycles. The first kappa shape index (κ1) is 19.4. The minimum absolute atomic E-state index is 0.0850. The van der Waals surface area contributed by atoms with Crippen molar-refractivity contribution in [1.29, 1.82) is 0 Å². The fourth-order valence-electron chi connectivity index (χ4n) is 3.39. The molecule has 1 saturated heterocycles. The summed E-state index contributed by atoms with van der Waals surface area (Å²) in [5, 5.41) is 10.9. The standard InChI is InChI=1S/C20H26FN3O3/c1-3-17(27-18-7-5-4-6-16(18)21)19(25)23-11-8-20(26,9-12-23)14-24-13-10-22-15(24)2/h4-7,10,13,17,26H,3,8-9,11-12,14H2,1-2H3. The van der Waals surface area contributed by atoms with E-state index in [0.717, 1.165) is 5.82 Å². The lowest BCUT2D eigenvalue weighted by Gasteiger charge is -2.39. The average Bonchev–Trinajstić information content (AvgIpc) is 3.05. The van der Waals surface area contributed by atoms with Crippen LogP contribution in [0.3, 0.4) is 0 Å². The maximum Gasteiger partial charge on any atom is 0.263 e. The first-order valence-corrected chi connectivity index (χ1v) is 9.32. The van der Waals surface area contributed by atoms with Crippen LogP contribution < -0.4 is 4.74 Å². The molecule has 0 radical (unpaired) electrons. The summed E-state index contributed by atoms with van der Waals surface area (Å²) in [5.74, 6) is 0.294. The predicted molar refractivity (Wildman–Crippen MR) is 98.8 cm³/mol. The monoisotopic (exact) mass is 375 g/mol. The Bertz CT molecular complexity index is 784. The van der Waals surface area contributed by atoms with Gasteiger partial charge in [0.2, 0.25) is 0 Å². The highest BCUT2D eigenvalue weighted by Gasteiger charge is 2.36. The summed E-state index contributed by atoms with van der Waals surface area (Å²) in [7, 11) is 0. The molecular formula is C20H26FN3O3. The minimum atomic E-state index is -0.865. The number of carbonyl (C=O) groups is 1. The Morgan fingerprint density at radius 1 is 1.37 bits per heavy atom. The third kappa shape index (κ3) is 4.47. The molecule has 1 N–H and O–H groups in total. The van der Waals surface area contributed by atoms with Gasteiger partial charge in [0.1, 0.15) is 5.82 Å². The molecule has 0 bridgehead atoms. The zero-order valence-corrected chi connectivity index (χ0v) is 15.8. The molecule has 0 aliphatic carbocycles. The molecule has 0 spiro atoms. The van der Waals surface area contributed by atoms with Crippen molar-refractivity contribution in [3.8, 4) is 5.75 Å². The van der Waals surface area contributed by atoms with Gasteiger partial charge in [0.05, 0.1) is 12.1 Å². The number of benzene rings is 1. The number of aromatic nitrogens is 2. The number of aryl methyl sites for hydroxylation is 1. The molecule has 1 atom stereocenters. The lowest BCUT2D eigenvalue weighted by molar-refractivity contribution is -0.143. The molecule has 1 aliphatic rings. The number of aliphatic hydroxyl groups is 1. The Hall–Kier alpha value is -2.41. The van der Waals surface area contributed by atoms with E-state index in [4.69, 9.17) is 4.74 Å². The van der Waals surface area contributed by atoms with E-state index in [0.29, 0.717) is 38.9 Å². The quantitative estimate of drug-likeness (QED) is 0.843. The zero-order valence-electron chi connectivity index (χ0n) is 15.8. The summed E-state index contributed by atoms with van der Waals surface area (Å²) >= 11 is 0. The van der Waals surface area contributed by atoms with Crippen LogP contribution in [-0.2, 0) is 11.3 Å². The van der Waals surface area contributed by atoms with E-state index < -0.39 is 17.5 Å². The number of hydrogen-bond donors (Lipinski definition) is 1. The van der Waals surface area contributed by atoms with Gasteiger partial charge in [0.25, 0.3) is 5.91 Å². The molecule has 6 nitrogen and oxygen atoms in total. The van der Waals surface area contributed by atoms with Gasteiger partial charge in [-0.15, -0.1) is 0 Å². The van der Waals surface area contributed by atoms with E-state index >= 15 is 0 Å². The van der Waals surface area contributed by atoms with Crippen LogP contribution in [0.1, 0.15) is 32.0 Å². The number of ether oxygens (including phenoxy) is 1. The molecule has 2 heterocycles. The second kappa shape index (κ2) is 8.08. The number of nitrogens with zero attached hydrogens (tertiary/aromatic N) is 3. The molecule has 27 heavy (non-hydrogen) atoms. The van der Waals surface area contributed by atoms with Crippen LogP contribution in [0, 0.1) is 12.7 Å². The lowest BCUT2D eigenvalue weighted by Crippen LogP contribution is -2.51. The van der Waals surface area contributed by atoms with E-state index in [2.05, 4.69) is 4.98 Å². The van der Waals surface area contributed by atoms with Gasteiger partial charge in [-0.2, -0.15) is 0 Å². The van der Waals surface area contributed by atoms with Crippen LogP contribution in [0.25, 0.3) is 0 Å². The number of para-hydroxylation sites is 1. The fourth-order valence-corrected chi connectivity index (χ4v) is 3.39. The van der Waals surface area contributed by atoms with Gasteiger partial charge in [-0.3, -0.25) is 4.79 Å². The molecule has 1 fully saturated rings. The largest absolute Gasteiger partial charge is 0.478 e. The molecule has 1 amide bonds. The van der Waals surface area contributed by atoms with Crippen LogP contribution in [0.15, 0.2) is 36.7 Å². The zero-order chi connectivity index (χ0) is 19.4.